The van der Waals surface area contributed by atoms with Gasteiger partial charge in [0.15, 0.2) is 17.5 Å². The topological polar surface area (TPSA) is 46.4 Å². The molecule has 0 saturated carbocycles. The van der Waals surface area contributed by atoms with Crippen molar-refractivity contribution in [3.8, 4) is 0 Å². The van der Waals surface area contributed by atoms with E-state index in [4.69, 9.17) is 0 Å². The first-order chi connectivity index (χ1) is 16.9. The summed E-state index contributed by atoms with van der Waals surface area (Å²) >= 11 is 0. The third-order valence-corrected chi connectivity index (χ3v) is 8.05. The molecule has 186 valence electrons. The fourth-order valence-electron chi connectivity index (χ4n) is 6.14. The lowest BCUT2D eigenvalue weighted by molar-refractivity contribution is -0.472. The second-order valence-corrected chi connectivity index (χ2v) is 11.8. The van der Waals surface area contributed by atoms with Crippen molar-refractivity contribution < 1.29 is 14.5 Å². The van der Waals surface area contributed by atoms with Crippen molar-refractivity contribution >= 4 is 22.9 Å². The van der Waals surface area contributed by atoms with Crippen LogP contribution in [-0.4, -0.2) is 28.2 Å². The third kappa shape index (κ3) is 3.27. The zero-order valence-corrected chi connectivity index (χ0v) is 22.6. The van der Waals surface area contributed by atoms with E-state index >= 15 is 0 Å². The van der Waals surface area contributed by atoms with Gasteiger partial charge in [-0.05, 0) is 59.2 Å². The van der Waals surface area contributed by atoms with Gasteiger partial charge in [0.25, 0.3) is 0 Å². The molecular weight excluding hydrogens is 444 g/mol. The number of fused-ring (bicyclic) bond motifs is 2. The number of carbonyl (C=O) groups excluding carboxylic acids is 1. The van der Waals surface area contributed by atoms with Crippen molar-refractivity contribution in [1.29, 1.82) is 0 Å². The van der Waals surface area contributed by atoms with Gasteiger partial charge in [-0.2, -0.15) is 4.58 Å². The molecule has 5 rings (SSSR count). The summed E-state index contributed by atoms with van der Waals surface area (Å²) in [6.45, 7) is 17.2. The Morgan fingerprint density at radius 2 is 1.47 bits per heavy atom. The minimum absolute atomic E-state index is 0.161. The molecule has 2 aromatic carbocycles. The fourth-order valence-corrected chi connectivity index (χ4v) is 6.14. The molecule has 4 heteroatoms. The van der Waals surface area contributed by atoms with E-state index in [0.29, 0.717) is 0 Å². The lowest BCUT2D eigenvalue weighted by Gasteiger charge is -2.34. The molecule has 1 aliphatic carbocycles. The number of benzene rings is 2. The zero-order chi connectivity index (χ0) is 26.2. The van der Waals surface area contributed by atoms with Gasteiger partial charge < -0.3 is 10.0 Å². The van der Waals surface area contributed by atoms with Crippen LogP contribution in [-0.2, 0) is 15.6 Å². The minimum atomic E-state index is -0.299. The number of ketones is 1. The summed E-state index contributed by atoms with van der Waals surface area (Å²) in [6.07, 6.45) is 3.70. The van der Waals surface area contributed by atoms with Gasteiger partial charge >= 0.3 is 0 Å². The smallest absolute Gasteiger partial charge is 0.209 e. The Balaban J connectivity index is 1.61. The number of carbonyl (C=O) groups is 1. The molecule has 0 radical (unpaired) electrons. The van der Waals surface area contributed by atoms with Crippen LogP contribution in [0.5, 0.6) is 0 Å². The molecule has 0 fully saturated rings. The van der Waals surface area contributed by atoms with Crippen LogP contribution in [0.1, 0.15) is 66.5 Å². The fraction of sp³-hybridized carbons (Fsp3) is 0.375. The van der Waals surface area contributed by atoms with Crippen LogP contribution in [0.4, 0.5) is 11.4 Å². The van der Waals surface area contributed by atoms with E-state index in [-0.39, 0.29) is 45.6 Å². The molecule has 2 aliphatic heterocycles. The summed E-state index contributed by atoms with van der Waals surface area (Å²) in [5.74, 6) is -0.322. The molecule has 2 aromatic rings. The number of para-hydroxylation sites is 2. The molecule has 0 atom stereocenters. The number of Topliss-reactive ketones (excluding diaryl/α,β-unsaturated/α-hetero) is 1. The normalized spacial score (nSPS) is 22.3. The molecule has 0 amide bonds. The Morgan fingerprint density at radius 3 is 2.08 bits per heavy atom. The first kappa shape index (κ1) is 24.3. The highest BCUT2D eigenvalue weighted by Gasteiger charge is 2.47. The van der Waals surface area contributed by atoms with Crippen LogP contribution < -0.4 is 10.0 Å². The number of rotatable bonds is 4. The van der Waals surface area contributed by atoms with Crippen molar-refractivity contribution in [2.24, 2.45) is 0 Å². The quantitative estimate of drug-likeness (QED) is 0.418. The molecule has 4 nitrogen and oxygen atoms in total. The molecule has 0 aromatic heterocycles. The summed E-state index contributed by atoms with van der Waals surface area (Å²) in [7, 11) is 0. The first-order valence-corrected chi connectivity index (χ1v) is 12.9. The number of hydrogen-bond donors (Lipinski definition) is 0. The van der Waals surface area contributed by atoms with E-state index in [2.05, 4.69) is 101 Å². The predicted molar refractivity (Wildman–Crippen MR) is 145 cm³/mol. The van der Waals surface area contributed by atoms with Gasteiger partial charge in [0, 0.05) is 51.7 Å². The van der Waals surface area contributed by atoms with E-state index in [0.717, 1.165) is 22.8 Å². The number of anilines is 1. The molecular formula is C32H36N2O2. The molecule has 0 bridgehead atoms. The van der Waals surface area contributed by atoms with Crippen molar-refractivity contribution in [2.45, 2.75) is 78.3 Å². The number of allylic oxidation sites excluding steroid dienone is 5. The molecule has 36 heavy (non-hydrogen) atoms. The van der Waals surface area contributed by atoms with E-state index in [1.54, 1.807) is 0 Å². The summed E-state index contributed by atoms with van der Waals surface area (Å²) in [5.41, 5.74) is 6.70. The summed E-state index contributed by atoms with van der Waals surface area (Å²) in [5, 5.41) is 13.4. The highest BCUT2D eigenvalue weighted by Crippen LogP contribution is 2.50. The zero-order valence-electron chi connectivity index (χ0n) is 22.6. The van der Waals surface area contributed by atoms with Gasteiger partial charge in [0.05, 0.1) is 5.41 Å². The predicted octanol–water partition coefficient (Wildman–Crippen LogP) is 5.68. The minimum Gasteiger partial charge on any atom is -0.871 e. The average molecular weight is 481 g/mol. The van der Waals surface area contributed by atoms with Gasteiger partial charge in [-0.1, -0.05) is 56.0 Å². The number of nitrogens with zero attached hydrogens (tertiary/aromatic N) is 2. The standard InChI is InChI=1S/C32H36N2O2/c1-19(2)33-25-15-11-9-13-23(25)31(5,6)27(33)17-21-29(35)22(30(21)36)18-28-32(7,8)24-14-10-12-16-26(24)34(28)20(3)4/h9-20H,1-8H3. The van der Waals surface area contributed by atoms with Gasteiger partial charge in [-0.3, -0.25) is 4.79 Å². The Labute approximate surface area is 215 Å². The highest BCUT2D eigenvalue weighted by atomic mass is 16.3. The average Bonchev–Trinajstić information content (AvgIpc) is 3.20. The van der Waals surface area contributed by atoms with Gasteiger partial charge in [-0.25, -0.2) is 0 Å². The van der Waals surface area contributed by atoms with E-state index < -0.39 is 0 Å². The summed E-state index contributed by atoms with van der Waals surface area (Å²) in [6, 6.07) is 17.1. The maximum Gasteiger partial charge on any atom is 0.209 e. The van der Waals surface area contributed by atoms with Gasteiger partial charge in [0.1, 0.15) is 0 Å². The highest BCUT2D eigenvalue weighted by molar-refractivity contribution is 6.24. The third-order valence-electron chi connectivity index (χ3n) is 8.05. The van der Waals surface area contributed by atoms with Crippen molar-refractivity contribution in [3.63, 3.8) is 0 Å². The van der Waals surface area contributed by atoms with E-state index in [9.17, 15) is 9.90 Å². The van der Waals surface area contributed by atoms with Crippen molar-refractivity contribution in [3.05, 3.63) is 94.4 Å². The molecule has 3 aliphatic rings. The summed E-state index contributed by atoms with van der Waals surface area (Å²) in [4.78, 5) is 15.7. The lowest BCUT2D eigenvalue weighted by Crippen LogP contribution is -2.36. The molecule has 2 heterocycles. The van der Waals surface area contributed by atoms with Crippen molar-refractivity contribution in [1.82, 2.24) is 0 Å². The van der Waals surface area contributed by atoms with Crippen LogP contribution in [0.15, 0.2) is 83.3 Å². The molecule has 0 spiro atoms. The number of hydrogen-bond acceptors (Lipinski definition) is 3. The van der Waals surface area contributed by atoms with Gasteiger partial charge in [0.2, 0.25) is 5.69 Å². The largest absolute Gasteiger partial charge is 0.871 e. The van der Waals surface area contributed by atoms with Crippen LogP contribution in [0.25, 0.3) is 0 Å². The maximum atomic E-state index is 13.4. The Bertz CT molecular complexity index is 1410. The Morgan fingerprint density at radius 1 is 0.861 bits per heavy atom. The van der Waals surface area contributed by atoms with Crippen molar-refractivity contribution in [2.75, 3.05) is 4.90 Å². The molecule has 0 saturated heterocycles. The molecule has 0 unspecified atom stereocenters. The lowest BCUT2D eigenvalue weighted by atomic mass is 9.77. The maximum absolute atomic E-state index is 13.4. The van der Waals surface area contributed by atoms with Crippen LogP contribution >= 0.6 is 0 Å². The monoisotopic (exact) mass is 480 g/mol. The second kappa shape index (κ2) is 8.06. The van der Waals surface area contributed by atoms with E-state index in [1.807, 2.05) is 24.3 Å². The van der Waals surface area contributed by atoms with Gasteiger partial charge in [-0.15, -0.1) is 0 Å². The Hall–Kier alpha value is -3.40. The summed E-state index contributed by atoms with van der Waals surface area (Å²) < 4.78 is 2.26. The first-order valence-electron chi connectivity index (χ1n) is 12.9. The van der Waals surface area contributed by atoms with Crippen LogP contribution in [0.3, 0.4) is 0 Å². The second-order valence-electron chi connectivity index (χ2n) is 11.8. The van der Waals surface area contributed by atoms with Crippen LogP contribution in [0, 0.1) is 0 Å². The molecule has 0 N–H and O–H groups in total. The van der Waals surface area contributed by atoms with Crippen LogP contribution in [0.2, 0.25) is 0 Å². The Kier molecular flexibility index (Phi) is 5.44. The van der Waals surface area contributed by atoms with E-state index in [1.165, 1.54) is 11.1 Å². The SMILES string of the molecule is CC(C)N1/C(=C/C2=C([O-])C(=C/C3=[N+](C(C)C)c4ccccc4C3(C)C)/C2=O)C(C)(C)c2ccccc21.